The number of hydrogen-bond donors (Lipinski definition) is 1. The molecule has 0 unspecified atom stereocenters. The minimum atomic E-state index is -3.51. The highest BCUT2D eigenvalue weighted by atomic mass is 32.2. The SMILES string of the molecule is CCCNc1ccc(S(=O)(=O)N(CC)CCC#N)cc1. The lowest BCUT2D eigenvalue weighted by Gasteiger charge is -2.19. The first-order valence-corrected chi connectivity index (χ1v) is 8.21. The number of benzene rings is 1. The van der Waals surface area contributed by atoms with Gasteiger partial charge in [0.1, 0.15) is 0 Å². The Balaban J connectivity index is 2.88. The second-order valence-electron chi connectivity index (χ2n) is 4.36. The summed E-state index contributed by atoms with van der Waals surface area (Å²) in [4.78, 5) is 0.263. The van der Waals surface area contributed by atoms with Crippen LogP contribution in [0.4, 0.5) is 5.69 Å². The summed E-state index contributed by atoms with van der Waals surface area (Å²) in [5, 5.41) is 11.8. The summed E-state index contributed by atoms with van der Waals surface area (Å²) in [6.45, 7) is 5.28. The summed E-state index contributed by atoms with van der Waals surface area (Å²) in [6.07, 6.45) is 1.21. The molecule has 0 saturated carbocycles. The summed E-state index contributed by atoms with van der Waals surface area (Å²) in [5.74, 6) is 0. The van der Waals surface area contributed by atoms with E-state index in [0.29, 0.717) is 6.54 Å². The van der Waals surface area contributed by atoms with Crippen molar-refractivity contribution in [3.63, 3.8) is 0 Å². The molecule has 5 nitrogen and oxygen atoms in total. The Morgan fingerprint density at radius 3 is 2.40 bits per heavy atom. The molecule has 0 bridgehead atoms. The van der Waals surface area contributed by atoms with E-state index in [1.807, 2.05) is 6.07 Å². The Kier molecular flexibility index (Phi) is 6.49. The maximum Gasteiger partial charge on any atom is 0.243 e. The largest absolute Gasteiger partial charge is 0.385 e. The van der Waals surface area contributed by atoms with Crippen molar-refractivity contribution >= 4 is 15.7 Å². The summed E-state index contributed by atoms with van der Waals surface area (Å²) >= 11 is 0. The minimum absolute atomic E-state index is 0.198. The fourth-order valence-electron chi connectivity index (χ4n) is 1.79. The van der Waals surface area contributed by atoms with E-state index in [-0.39, 0.29) is 17.9 Å². The first-order chi connectivity index (χ1) is 9.56. The zero-order valence-electron chi connectivity index (χ0n) is 12.0. The van der Waals surface area contributed by atoms with Crippen LogP contribution < -0.4 is 5.32 Å². The molecule has 0 aliphatic heterocycles. The molecule has 0 atom stereocenters. The van der Waals surface area contributed by atoms with Crippen molar-refractivity contribution in [1.82, 2.24) is 4.31 Å². The van der Waals surface area contributed by atoms with E-state index in [0.717, 1.165) is 18.7 Å². The Bertz CT molecular complexity index is 547. The lowest BCUT2D eigenvalue weighted by Crippen LogP contribution is -2.31. The molecule has 0 saturated heterocycles. The van der Waals surface area contributed by atoms with Crippen LogP contribution in [0.15, 0.2) is 29.2 Å². The molecule has 0 aromatic heterocycles. The van der Waals surface area contributed by atoms with Gasteiger partial charge in [-0.3, -0.25) is 0 Å². The fraction of sp³-hybridized carbons (Fsp3) is 0.500. The Labute approximate surface area is 121 Å². The molecular weight excluding hydrogens is 274 g/mol. The fourth-order valence-corrected chi connectivity index (χ4v) is 3.24. The molecule has 0 amide bonds. The van der Waals surface area contributed by atoms with Crippen LogP contribution in [0.2, 0.25) is 0 Å². The molecule has 1 aromatic rings. The molecular formula is C14H21N3O2S. The van der Waals surface area contributed by atoms with Gasteiger partial charge in [0.05, 0.1) is 11.0 Å². The topological polar surface area (TPSA) is 73.2 Å². The van der Waals surface area contributed by atoms with Gasteiger partial charge in [0.25, 0.3) is 0 Å². The molecule has 110 valence electrons. The van der Waals surface area contributed by atoms with Gasteiger partial charge in [-0.25, -0.2) is 8.42 Å². The average Bonchev–Trinajstić information content (AvgIpc) is 2.46. The van der Waals surface area contributed by atoms with Gasteiger partial charge >= 0.3 is 0 Å². The van der Waals surface area contributed by atoms with Gasteiger partial charge in [0, 0.05) is 31.7 Å². The van der Waals surface area contributed by atoms with E-state index in [1.165, 1.54) is 4.31 Å². The lowest BCUT2D eigenvalue weighted by atomic mass is 10.3. The van der Waals surface area contributed by atoms with E-state index in [4.69, 9.17) is 5.26 Å². The Hall–Kier alpha value is -1.58. The highest BCUT2D eigenvalue weighted by Gasteiger charge is 2.22. The number of nitrogens with zero attached hydrogens (tertiary/aromatic N) is 2. The molecule has 0 radical (unpaired) electrons. The summed E-state index contributed by atoms with van der Waals surface area (Å²) in [5.41, 5.74) is 0.908. The normalized spacial score (nSPS) is 11.3. The van der Waals surface area contributed by atoms with Crippen LogP contribution in [0.1, 0.15) is 26.7 Å². The molecule has 0 heterocycles. The van der Waals surface area contributed by atoms with Crippen molar-refractivity contribution in [3.8, 4) is 6.07 Å². The van der Waals surface area contributed by atoms with Crippen LogP contribution in [-0.4, -0.2) is 32.4 Å². The predicted molar refractivity (Wildman–Crippen MR) is 79.9 cm³/mol. The first-order valence-electron chi connectivity index (χ1n) is 6.77. The van der Waals surface area contributed by atoms with Crippen molar-refractivity contribution in [1.29, 1.82) is 5.26 Å². The van der Waals surface area contributed by atoms with E-state index < -0.39 is 10.0 Å². The third-order valence-electron chi connectivity index (χ3n) is 2.90. The summed E-state index contributed by atoms with van der Waals surface area (Å²) in [7, 11) is -3.51. The van der Waals surface area contributed by atoms with E-state index in [9.17, 15) is 8.42 Å². The number of rotatable bonds is 8. The van der Waals surface area contributed by atoms with Crippen molar-refractivity contribution in [2.75, 3.05) is 25.0 Å². The van der Waals surface area contributed by atoms with Gasteiger partial charge in [0.15, 0.2) is 0 Å². The molecule has 0 spiro atoms. The van der Waals surface area contributed by atoms with Crippen LogP contribution in [0.5, 0.6) is 0 Å². The van der Waals surface area contributed by atoms with E-state index >= 15 is 0 Å². The molecule has 1 N–H and O–H groups in total. The maximum atomic E-state index is 12.4. The third-order valence-corrected chi connectivity index (χ3v) is 4.89. The first kappa shape index (κ1) is 16.5. The van der Waals surface area contributed by atoms with Crippen LogP contribution >= 0.6 is 0 Å². The van der Waals surface area contributed by atoms with Crippen LogP contribution in [0.3, 0.4) is 0 Å². The lowest BCUT2D eigenvalue weighted by molar-refractivity contribution is 0.435. The van der Waals surface area contributed by atoms with Crippen molar-refractivity contribution < 1.29 is 8.42 Å². The number of sulfonamides is 1. The van der Waals surface area contributed by atoms with Gasteiger partial charge in [-0.15, -0.1) is 0 Å². The van der Waals surface area contributed by atoms with Crippen LogP contribution in [0.25, 0.3) is 0 Å². The molecule has 1 aromatic carbocycles. The van der Waals surface area contributed by atoms with Gasteiger partial charge < -0.3 is 5.32 Å². The maximum absolute atomic E-state index is 12.4. The molecule has 20 heavy (non-hydrogen) atoms. The van der Waals surface area contributed by atoms with Gasteiger partial charge in [-0.1, -0.05) is 13.8 Å². The second-order valence-corrected chi connectivity index (χ2v) is 6.29. The predicted octanol–water partition coefficient (Wildman–Crippen LogP) is 2.43. The quantitative estimate of drug-likeness (QED) is 0.799. The number of anilines is 1. The standard InChI is InChI=1S/C14H21N3O2S/c1-3-11-16-13-6-8-14(9-7-13)20(18,19)17(4-2)12-5-10-15/h6-9,16H,3-5,11-12H2,1-2H3. The van der Waals surface area contributed by atoms with E-state index in [1.54, 1.807) is 31.2 Å². The van der Waals surface area contributed by atoms with Crippen molar-refractivity contribution in [3.05, 3.63) is 24.3 Å². The number of nitrogens with one attached hydrogen (secondary N) is 1. The second kappa shape index (κ2) is 7.88. The number of hydrogen-bond acceptors (Lipinski definition) is 4. The zero-order chi connectivity index (χ0) is 15.0. The van der Waals surface area contributed by atoms with Crippen molar-refractivity contribution in [2.45, 2.75) is 31.6 Å². The van der Waals surface area contributed by atoms with Crippen LogP contribution in [-0.2, 0) is 10.0 Å². The average molecular weight is 295 g/mol. The summed E-state index contributed by atoms with van der Waals surface area (Å²) < 4.78 is 26.1. The molecule has 0 aliphatic rings. The van der Waals surface area contributed by atoms with Gasteiger partial charge in [-0.2, -0.15) is 9.57 Å². The molecule has 6 heteroatoms. The number of nitriles is 1. The zero-order valence-corrected chi connectivity index (χ0v) is 12.8. The van der Waals surface area contributed by atoms with E-state index in [2.05, 4.69) is 12.2 Å². The highest BCUT2D eigenvalue weighted by molar-refractivity contribution is 7.89. The monoisotopic (exact) mass is 295 g/mol. The van der Waals surface area contributed by atoms with Crippen LogP contribution in [0, 0.1) is 11.3 Å². The third kappa shape index (κ3) is 4.22. The smallest absolute Gasteiger partial charge is 0.243 e. The Morgan fingerprint density at radius 2 is 1.90 bits per heavy atom. The van der Waals surface area contributed by atoms with Gasteiger partial charge in [-0.05, 0) is 30.7 Å². The molecule has 1 rings (SSSR count). The van der Waals surface area contributed by atoms with Crippen molar-refractivity contribution in [2.24, 2.45) is 0 Å². The molecule has 0 aliphatic carbocycles. The van der Waals surface area contributed by atoms with Gasteiger partial charge in [0.2, 0.25) is 10.0 Å². The Morgan fingerprint density at radius 1 is 1.25 bits per heavy atom. The highest BCUT2D eigenvalue weighted by Crippen LogP contribution is 2.18. The minimum Gasteiger partial charge on any atom is -0.385 e. The summed E-state index contributed by atoms with van der Waals surface area (Å²) in [6, 6.07) is 8.70. The molecule has 0 fully saturated rings.